The number of nitrogens with zero attached hydrogens (tertiary/aromatic N) is 1. The van der Waals surface area contributed by atoms with E-state index in [4.69, 9.17) is 5.41 Å². The van der Waals surface area contributed by atoms with Crippen molar-refractivity contribution < 1.29 is 4.79 Å². The van der Waals surface area contributed by atoms with E-state index in [0.717, 1.165) is 5.56 Å². The van der Waals surface area contributed by atoms with Crippen molar-refractivity contribution in [2.45, 2.75) is 18.9 Å². The molecular weight excluding hydrogens is 269 g/mol. The van der Waals surface area contributed by atoms with Crippen LogP contribution >= 0.6 is 11.3 Å². The van der Waals surface area contributed by atoms with Gasteiger partial charge in [0.2, 0.25) is 5.91 Å². The molecule has 1 aliphatic heterocycles. The molecule has 2 aromatic rings. The van der Waals surface area contributed by atoms with Crippen molar-refractivity contribution in [3.63, 3.8) is 0 Å². The van der Waals surface area contributed by atoms with Gasteiger partial charge in [-0.3, -0.25) is 15.1 Å². The lowest BCUT2D eigenvalue weighted by molar-refractivity contribution is -0.129. The average Bonchev–Trinajstić information content (AvgIpc) is 2.77. The van der Waals surface area contributed by atoms with Crippen molar-refractivity contribution in [2.24, 2.45) is 0 Å². The van der Waals surface area contributed by atoms with Gasteiger partial charge in [-0.05, 0) is 35.4 Å². The summed E-state index contributed by atoms with van der Waals surface area (Å²) in [6.07, 6.45) is 0.362. The highest BCUT2D eigenvalue weighted by Gasteiger charge is 2.37. The van der Waals surface area contributed by atoms with E-state index in [2.05, 4.69) is 36.7 Å². The van der Waals surface area contributed by atoms with Crippen LogP contribution in [0.15, 0.2) is 23.6 Å². The Morgan fingerprint density at radius 2 is 2.25 bits per heavy atom. The molecule has 1 aromatic carbocycles. The highest BCUT2D eigenvalue weighted by molar-refractivity contribution is 7.18. The smallest absolute Gasteiger partial charge is 0.231 e. The van der Waals surface area contributed by atoms with Gasteiger partial charge in [-0.2, -0.15) is 0 Å². The van der Waals surface area contributed by atoms with Crippen LogP contribution in [-0.4, -0.2) is 31.7 Å². The van der Waals surface area contributed by atoms with E-state index < -0.39 is 5.54 Å². The highest BCUT2D eigenvalue weighted by atomic mass is 32.1. The minimum atomic E-state index is -0.511. The molecule has 102 valence electrons. The molecule has 0 bridgehead atoms. The quantitative estimate of drug-likeness (QED) is 0.760. The molecular formula is C14H16BN3OS. The van der Waals surface area contributed by atoms with Gasteiger partial charge in [0.05, 0.1) is 12.0 Å². The van der Waals surface area contributed by atoms with Crippen LogP contribution in [0.1, 0.15) is 18.9 Å². The first kappa shape index (κ1) is 13.2. The summed E-state index contributed by atoms with van der Waals surface area (Å²) in [5.74, 6) is 0.129. The first-order valence-electron chi connectivity index (χ1n) is 6.52. The summed E-state index contributed by atoms with van der Waals surface area (Å²) in [6, 6.07) is 6.29. The van der Waals surface area contributed by atoms with Gasteiger partial charge in [-0.25, -0.2) is 0 Å². The van der Waals surface area contributed by atoms with E-state index in [1.54, 1.807) is 18.4 Å². The molecule has 0 spiro atoms. The predicted octanol–water partition coefficient (Wildman–Crippen LogP) is 0.761. The molecule has 1 aromatic heterocycles. The van der Waals surface area contributed by atoms with Gasteiger partial charge in [0.25, 0.3) is 0 Å². The summed E-state index contributed by atoms with van der Waals surface area (Å²) < 4.78 is 1.25. The summed E-state index contributed by atoms with van der Waals surface area (Å²) in [7, 11) is 3.73. The topological polar surface area (TPSA) is 56.2 Å². The van der Waals surface area contributed by atoms with Gasteiger partial charge < -0.3 is 5.32 Å². The highest BCUT2D eigenvalue weighted by Crippen LogP contribution is 2.31. The second-order valence-electron chi connectivity index (χ2n) is 5.56. The summed E-state index contributed by atoms with van der Waals surface area (Å²) in [5.41, 5.74) is 1.80. The van der Waals surface area contributed by atoms with Gasteiger partial charge in [-0.1, -0.05) is 11.5 Å². The maximum absolute atomic E-state index is 12.0. The van der Waals surface area contributed by atoms with Crippen molar-refractivity contribution in [2.75, 3.05) is 7.05 Å². The molecule has 20 heavy (non-hydrogen) atoms. The lowest BCUT2D eigenvalue weighted by atomic mass is 9.84. The number of benzene rings is 1. The number of amides is 1. The summed E-state index contributed by atoms with van der Waals surface area (Å²) in [4.78, 5) is 13.4. The fourth-order valence-corrected chi connectivity index (χ4v) is 3.53. The number of hydrogen-bond acceptors (Lipinski definition) is 3. The zero-order chi connectivity index (χ0) is 14.5. The van der Waals surface area contributed by atoms with Crippen LogP contribution in [-0.2, 0) is 10.3 Å². The molecule has 1 amide bonds. The van der Waals surface area contributed by atoms with Gasteiger partial charge in [-0.15, -0.1) is 11.3 Å². The van der Waals surface area contributed by atoms with Crippen molar-refractivity contribution in [3.8, 4) is 0 Å². The van der Waals surface area contributed by atoms with Crippen LogP contribution in [0.4, 0.5) is 0 Å². The minimum absolute atomic E-state index is 0.0293. The number of rotatable bonds is 1. The van der Waals surface area contributed by atoms with Crippen LogP contribution in [0.25, 0.3) is 10.1 Å². The number of guanidine groups is 1. The van der Waals surface area contributed by atoms with E-state index in [-0.39, 0.29) is 11.9 Å². The van der Waals surface area contributed by atoms with Crippen molar-refractivity contribution >= 4 is 46.6 Å². The Morgan fingerprint density at radius 3 is 2.95 bits per heavy atom. The Kier molecular flexibility index (Phi) is 2.86. The van der Waals surface area contributed by atoms with Gasteiger partial charge in [0.1, 0.15) is 7.85 Å². The number of thiophene rings is 1. The van der Waals surface area contributed by atoms with E-state index in [0.29, 0.717) is 6.42 Å². The lowest BCUT2D eigenvalue weighted by Gasteiger charge is -2.39. The minimum Gasteiger partial charge on any atom is -0.346 e. The van der Waals surface area contributed by atoms with Crippen LogP contribution in [0, 0.1) is 5.41 Å². The Morgan fingerprint density at radius 1 is 1.50 bits per heavy atom. The predicted molar refractivity (Wildman–Crippen MR) is 85.6 cm³/mol. The second kappa shape index (κ2) is 4.35. The fourth-order valence-electron chi connectivity index (χ4n) is 2.61. The molecule has 3 rings (SSSR count). The zero-order valence-electron chi connectivity index (χ0n) is 11.8. The largest absolute Gasteiger partial charge is 0.346 e. The molecule has 2 N–H and O–H groups in total. The first-order chi connectivity index (χ1) is 9.40. The molecule has 0 saturated carbocycles. The summed E-state index contributed by atoms with van der Waals surface area (Å²) >= 11 is 1.73. The Labute approximate surface area is 122 Å². The third kappa shape index (κ3) is 1.91. The zero-order valence-corrected chi connectivity index (χ0v) is 12.6. The first-order valence-corrected chi connectivity index (χ1v) is 7.40. The molecule has 1 atom stereocenters. The number of fused-ring (bicyclic) bond motifs is 1. The average molecular weight is 285 g/mol. The molecule has 2 heterocycles. The molecule has 0 aliphatic carbocycles. The van der Waals surface area contributed by atoms with Crippen LogP contribution in [0.2, 0.25) is 0 Å². The van der Waals surface area contributed by atoms with Crippen LogP contribution in [0.5, 0.6) is 0 Å². The number of nitrogens with one attached hydrogen (secondary N) is 2. The maximum Gasteiger partial charge on any atom is 0.231 e. The van der Waals surface area contributed by atoms with E-state index in [1.165, 1.54) is 20.4 Å². The van der Waals surface area contributed by atoms with Crippen molar-refractivity contribution in [1.29, 1.82) is 5.41 Å². The van der Waals surface area contributed by atoms with E-state index in [9.17, 15) is 4.79 Å². The monoisotopic (exact) mass is 285 g/mol. The van der Waals surface area contributed by atoms with E-state index >= 15 is 0 Å². The van der Waals surface area contributed by atoms with Crippen molar-refractivity contribution in [1.82, 2.24) is 10.2 Å². The maximum atomic E-state index is 12.0. The van der Waals surface area contributed by atoms with Gasteiger partial charge >= 0.3 is 0 Å². The molecule has 0 unspecified atom stereocenters. The SMILES string of the molecule is Bc1csc2ccc([C@]3(C)CC(=O)N(C)C(=N)N3)cc12. The van der Waals surface area contributed by atoms with Crippen LogP contribution < -0.4 is 10.8 Å². The summed E-state index contributed by atoms with van der Waals surface area (Å²) in [5, 5.41) is 14.4. The number of hydrogen-bond donors (Lipinski definition) is 2. The fraction of sp³-hybridized carbons (Fsp3) is 0.286. The Balaban J connectivity index is 2.07. The van der Waals surface area contributed by atoms with E-state index in [1.807, 2.05) is 6.92 Å². The second-order valence-corrected chi connectivity index (χ2v) is 6.48. The molecule has 4 nitrogen and oxygen atoms in total. The third-order valence-electron chi connectivity index (χ3n) is 4.01. The molecule has 0 radical (unpaired) electrons. The van der Waals surface area contributed by atoms with Gasteiger partial charge in [0, 0.05) is 11.7 Å². The Bertz CT molecular complexity index is 706. The molecule has 1 saturated heterocycles. The standard InChI is InChI=1S/C14H16BN3OS/c1-14(6-12(19)18(2)13(16)17-14)8-3-4-11-9(5-8)10(15)7-20-11/h3-5,7H,6,15H2,1-2H3,(H2,16,17)/t14-/m0/s1. The lowest BCUT2D eigenvalue weighted by Crippen LogP contribution is -2.58. The summed E-state index contributed by atoms with van der Waals surface area (Å²) in [6.45, 7) is 1.98. The van der Waals surface area contributed by atoms with Gasteiger partial charge in [0.15, 0.2) is 5.96 Å². The molecule has 1 fully saturated rings. The normalized spacial score (nSPS) is 23.2. The van der Waals surface area contributed by atoms with Crippen LogP contribution in [0.3, 0.4) is 0 Å². The number of carbonyl (C=O) groups is 1. The van der Waals surface area contributed by atoms with Crippen molar-refractivity contribution in [3.05, 3.63) is 29.1 Å². The third-order valence-corrected chi connectivity index (χ3v) is 5.09. The molecule has 6 heteroatoms. The molecule has 1 aliphatic rings. The Hall–Kier alpha value is -1.82. The number of carbonyl (C=O) groups excluding carboxylic acids is 1.